The van der Waals surface area contributed by atoms with Crippen molar-refractivity contribution in [1.82, 2.24) is 14.5 Å². The van der Waals surface area contributed by atoms with Crippen molar-refractivity contribution in [3.8, 4) is 0 Å². The van der Waals surface area contributed by atoms with Crippen molar-refractivity contribution in [3.63, 3.8) is 0 Å². The summed E-state index contributed by atoms with van der Waals surface area (Å²) in [6.07, 6.45) is 1.18. The van der Waals surface area contributed by atoms with Crippen LogP contribution in [0.2, 0.25) is 0 Å². The molecule has 4 aromatic rings. The molecule has 0 aliphatic heterocycles. The van der Waals surface area contributed by atoms with Crippen molar-refractivity contribution in [2.45, 2.75) is 31.3 Å². The standard InChI is InChI=1S/C26H26FN5O5S/c27-23-21(10-17(24(23)33)14-37-38(28,35)36)31-26-19(11-29-15-30-26)25(34)20-13-32(12-16-6-2-1-3-7-16)22-9-5-4-8-18(20)22/h1-9,11,13,15,17,21,23-24,33H,10,12,14H2,(H2,28,35,36)(H,29,30,31)/t17-,21-,23-,24-/m1/s1. The smallest absolute Gasteiger partial charge is 0.333 e. The Bertz CT molecular complexity index is 1560. The fourth-order valence-corrected chi connectivity index (χ4v) is 5.22. The van der Waals surface area contributed by atoms with Crippen LogP contribution >= 0.6 is 0 Å². The van der Waals surface area contributed by atoms with Crippen LogP contribution in [0.4, 0.5) is 10.2 Å². The first-order valence-electron chi connectivity index (χ1n) is 11.9. The van der Waals surface area contributed by atoms with Gasteiger partial charge in [-0.25, -0.2) is 19.5 Å². The quantitative estimate of drug-likeness (QED) is 0.275. The van der Waals surface area contributed by atoms with Gasteiger partial charge in [0.05, 0.1) is 24.3 Å². The van der Waals surface area contributed by atoms with Crippen LogP contribution in [0.15, 0.2) is 73.3 Å². The Labute approximate surface area is 218 Å². The highest BCUT2D eigenvalue weighted by Crippen LogP contribution is 2.33. The number of aliphatic hydroxyl groups is 1. The van der Waals surface area contributed by atoms with Gasteiger partial charge in [0.25, 0.3) is 0 Å². The molecule has 1 fully saturated rings. The van der Waals surface area contributed by atoms with E-state index < -0.39 is 41.1 Å². The predicted molar refractivity (Wildman–Crippen MR) is 138 cm³/mol. The molecule has 1 aliphatic carbocycles. The van der Waals surface area contributed by atoms with Crippen LogP contribution in [0.3, 0.4) is 0 Å². The third-order valence-electron chi connectivity index (χ3n) is 6.70. The number of ketones is 1. The largest absolute Gasteiger partial charge is 0.390 e. The number of hydrogen-bond acceptors (Lipinski definition) is 8. The molecule has 2 aromatic carbocycles. The normalized spacial score (nSPS) is 21.6. The van der Waals surface area contributed by atoms with E-state index in [1.807, 2.05) is 59.2 Å². The summed E-state index contributed by atoms with van der Waals surface area (Å²) in [6.45, 7) is 0.103. The summed E-state index contributed by atoms with van der Waals surface area (Å²) in [5.41, 5.74) is 2.54. The molecule has 5 rings (SSSR count). The highest BCUT2D eigenvalue weighted by Gasteiger charge is 2.44. The van der Waals surface area contributed by atoms with E-state index in [0.29, 0.717) is 12.1 Å². The lowest BCUT2D eigenvalue weighted by Crippen LogP contribution is -2.33. The zero-order valence-corrected chi connectivity index (χ0v) is 21.0. The number of hydrogen-bond donors (Lipinski definition) is 3. The van der Waals surface area contributed by atoms with Gasteiger partial charge >= 0.3 is 10.3 Å². The van der Waals surface area contributed by atoms with E-state index in [-0.39, 0.29) is 23.6 Å². The van der Waals surface area contributed by atoms with Crippen molar-refractivity contribution in [3.05, 3.63) is 90.0 Å². The number of benzene rings is 2. The molecule has 0 saturated heterocycles. The molecule has 1 aliphatic rings. The number of fused-ring (bicyclic) bond motifs is 1. The predicted octanol–water partition coefficient (Wildman–Crippen LogP) is 2.43. The second-order valence-electron chi connectivity index (χ2n) is 9.25. The first kappa shape index (κ1) is 25.9. The van der Waals surface area contributed by atoms with Gasteiger partial charge in [0.15, 0.2) is 5.78 Å². The topological polar surface area (TPSA) is 149 Å². The van der Waals surface area contributed by atoms with E-state index in [1.54, 1.807) is 6.20 Å². The lowest BCUT2D eigenvalue weighted by Gasteiger charge is -2.18. The number of para-hydroxylation sites is 1. The maximum atomic E-state index is 14.9. The average Bonchev–Trinajstić information content (AvgIpc) is 3.40. The molecule has 4 N–H and O–H groups in total. The van der Waals surface area contributed by atoms with Gasteiger partial charge in [0.1, 0.15) is 18.3 Å². The first-order valence-corrected chi connectivity index (χ1v) is 13.4. The van der Waals surface area contributed by atoms with Gasteiger partial charge in [-0.2, -0.15) is 8.42 Å². The van der Waals surface area contributed by atoms with E-state index in [4.69, 9.17) is 5.14 Å². The maximum absolute atomic E-state index is 14.9. The van der Waals surface area contributed by atoms with Gasteiger partial charge in [0, 0.05) is 41.3 Å². The average molecular weight is 540 g/mol. The maximum Gasteiger partial charge on any atom is 0.333 e. The Morgan fingerprint density at radius 2 is 1.89 bits per heavy atom. The summed E-state index contributed by atoms with van der Waals surface area (Å²) < 4.78 is 43.7. The van der Waals surface area contributed by atoms with Crippen molar-refractivity contribution in [2.24, 2.45) is 11.1 Å². The fraction of sp³-hybridized carbons (Fsp3) is 0.269. The molecule has 0 amide bonds. The molecule has 2 aromatic heterocycles. The second kappa shape index (κ2) is 10.6. The Hall–Kier alpha value is -3.71. The lowest BCUT2D eigenvalue weighted by atomic mass is 10.0. The Kier molecular flexibility index (Phi) is 7.21. The van der Waals surface area contributed by atoms with Crippen molar-refractivity contribution in [2.75, 3.05) is 11.9 Å². The minimum atomic E-state index is -4.23. The third-order valence-corrected chi connectivity index (χ3v) is 7.17. The van der Waals surface area contributed by atoms with Crippen LogP contribution in [0.1, 0.15) is 27.9 Å². The van der Waals surface area contributed by atoms with E-state index >= 15 is 0 Å². The SMILES string of the molecule is NS(=O)(=O)OC[C@H]1C[C@@H](Nc2ncncc2C(=O)c2cn(Cc3ccccc3)c3ccccc23)[C@@H](F)[C@@H]1O. The molecular formula is C26H26FN5O5S. The number of carbonyl (C=O) groups is 1. The lowest BCUT2D eigenvalue weighted by molar-refractivity contribution is 0.0501. The molecular weight excluding hydrogens is 513 g/mol. The van der Waals surface area contributed by atoms with Crippen LogP contribution in [0, 0.1) is 5.92 Å². The van der Waals surface area contributed by atoms with Gasteiger partial charge in [0.2, 0.25) is 0 Å². The highest BCUT2D eigenvalue weighted by atomic mass is 32.2. The number of aliphatic hydroxyl groups excluding tert-OH is 1. The van der Waals surface area contributed by atoms with Crippen LogP contribution in [-0.4, -0.2) is 58.8 Å². The summed E-state index contributed by atoms with van der Waals surface area (Å²) in [5, 5.41) is 18.8. The second-order valence-corrected chi connectivity index (χ2v) is 10.5. The van der Waals surface area contributed by atoms with Gasteiger partial charge in [-0.15, -0.1) is 0 Å². The minimum Gasteiger partial charge on any atom is -0.390 e. The fourth-order valence-electron chi connectivity index (χ4n) is 4.85. The molecule has 38 heavy (non-hydrogen) atoms. The number of halogens is 1. The van der Waals surface area contributed by atoms with Crippen LogP contribution in [0.5, 0.6) is 0 Å². The van der Waals surface area contributed by atoms with Crippen molar-refractivity contribution in [1.29, 1.82) is 0 Å². The number of anilines is 1. The van der Waals surface area contributed by atoms with Crippen LogP contribution in [-0.2, 0) is 21.0 Å². The van der Waals surface area contributed by atoms with E-state index in [1.165, 1.54) is 12.5 Å². The summed E-state index contributed by atoms with van der Waals surface area (Å²) in [5.74, 6) is -1.06. The third kappa shape index (κ3) is 5.43. The molecule has 0 unspecified atom stereocenters. The molecule has 0 bridgehead atoms. The summed E-state index contributed by atoms with van der Waals surface area (Å²) in [7, 11) is -4.23. The number of nitrogens with one attached hydrogen (secondary N) is 1. The van der Waals surface area contributed by atoms with E-state index in [9.17, 15) is 22.7 Å². The molecule has 4 atom stereocenters. The monoisotopic (exact) mass is 539 g/mol. The molecule has 10 nitrogen and oxygen atoms in total. The summed E-state index contributed by atoms with van der Waals surface area (Å²) in [6, 6.07) is 16.5. The zero-order valence-electron chi connectivity index (χ0n) is 20.1. The molecule has 0 radical (unpaired) electrons. The number of nitrogens with zero attached hydrogens (tertiary/aromatic N) is 3. The van der Waals surface area contributed by atoms with Gasteiger partial charge < -0.3 is 15.0 Å². The highest BCUT2D eigenvalue weighted by molar-refractivity contribution is 7.84. The molecule has 198 valence electrons. The van der Waals surface area contributed by atoms with Crippen LogP contribution in [0.25, 0.3) is 10.9 Å². The summed E-state index contributed by atoms with van der Waals surface area (Å²) in [4.78, 5) is 21.9. The minimum absolute atomic E-state index is 0.0336. The molecule has 1 saturated carbocycles. The van der Waals surface area contributed by atoms with Crippen molar-refractivity contribution >= 4 is 32.8 Å². The first-order chi connectivity index (χ1) is 18.2. The number of alkyl halides is 1. The van der Waals surface area contributed by atoms with Gasteiger partial charge in [-0.3, -0.25) is 8.98 Å². The van der Waals surface area contributed by atoms with Crippen LogP contribution < -0.4 is 10.5 Å². The van der Waals surface area contributed by atoms with Crippen molar-refractivity contribution < 1.29 is 26.9 Å². The zero-order chi connectivity index (χ0) is 26.9. The number of carbonyl (C=O) groups excluding carboxylic acids is 1. The number of aromatic nitrogens is 3. The molecule has 2 heterocycles. The molecule has 12 heteroatoms. The Morgan fingerprint density at radius 3 is 2.66 bits per heavy atom. The van der Waals surface area contributed by atoms with Gasteiger partial charge in [-0.1, -0.05) is 48.5 Å². The van der Waals surface area contributed by atoms with E-state index in [0.717, 1.165) is 16.5 Å². The van der Waals surface area contributed by atoms with Gasteiger partial charge in [-0.05, 0) is 18.1 Å². The Morgan fingerprint density at radius 1 is 1.16 bits per heavy atom. The summed E-state index contributed by atoms with van der Waals surface area (Å²) >= 11 is 0. The number of nitrogens with two attached hydrogens (primary N) is 1. The Balaban J connectivity index is 1.42. The molecule has 0 spiro atoms. The van der Waals surface area contributed by atoms with E-state index in [2.05, 4.69) is 19.5 Å². The number of rotatable bonds is 9.